The molecule has 0 N–H and O–H groups in total. The fourth-order valence-electron chi connectivity index (χ4n) is 8.24. The second kappa shape index (κ2) is 52.5. The number of carbonyl (C=O) groups excluding carboxylic acids is 3. The molecule has 0 bridgehead atoms. The summed E-state index contributed by atoms with van der Waals surface area (Å²) >= 11 is 0. The first-order chi connectivity index (χ1) is 31.0. The summed E-state index contributed by atoms with van der Waals surface area (Å²) in [6.07, 6.45) is 60.2. The van der Waals surface area contributed by atoms with Gasteiger partial charge in [-0.1, -0.05) is 257 Å². The molecule has 0 fully saturated rings. The average molecular weight is 887 g/mol. The van der Waals surface area contributed by atoms with E-state index in [0.29, 0.717) is 19.3 Å². The van der Waals surface area contributed by atoms with E-state index < -0.39 is 6.10 Å². The van der Waals surface area contributed by atoms with Crippen LogP contribution in [0.2, 0.25) is 0 Å². The maximum Gasteiger partial charge on any atom is 0.306 e. The number of hydrogen-bond donors (Lipinski definition) is 0. The van der Waals surface area contributed by atoms with Crippen LogP contribution >= 0.6 is 0 Å². The van der Waals surface area contributed by atoms with Crippen molar-refractivity contribution in [2.75, 3.05) is 13.2 Å². The van der Waals surface area contributed by atoms with Crippen LogP contribution in [0.1, 0.15) is 303 Å². The maximum absolute atomic E-state index is 12.8. The molecule has 370 valence electrons. The molecule has 0 aromatic heterocycles. The molecule has 1 atom stereocenters. The fourth-order valence-corrected chi connectivity index (χ4v) is 8.24. The third-order valence-electron chi connectivity index (χ3n) is 12.5. The summed E-state index contributed by atoms with van der Waals surface area (Å²) in [5, 5.41) is 0. The number of allylic oxidation sites excluding steroid dienone is 4. The predicted octanol–water partition coefficient (Wildman–Crippen LogP) is 18.3. The summed E-state index contributed by atoms with van der Waals surface area (Å²) in [5.74, 6) is -0.854. The van der Waals surface area contributed by atoms with Gasteiger partial charge in [0.15, 0.2) is 6.10 Å². The molecule has 0 amide bonds. The van der Waals surface area contributed by atoms with Gasteiger partial charge in [-0.15, -0.1) is 0 Å². The van der Waals surface area contributed by atoms with E-state index in [1.54, 1.807) is 0 Å². The SMILES string of the molecule is CCCCC/C=C\C/C=C\CCCCCCCCCCCC(=O)O[C@@H](COC(=O)CCCCCCCCCCCCC)COC(=O)CCCCCCCCCCCCCCCCC. The summed E-state index contributed by atoms with van der Waals surface area (Å²) in [7, 11) is 0. The minimum Gasteiger partial charge on any atom is -0.462 e. The molecule has 0 heterocycles. The highest BCUT2D eigenvalue weighted by molar-refractivity contribution is 5.71. The van der Waals surface area contributed by atoms with E-state index in [9.17, 15) is 14.4 Å². The van der Waals surface area contributed by atoms with Gasteiger partial charge in [0.2, 0.25) is 0 Å². The Bertz CT molecular complexity index is 1020. The van der Waals surface area contributed by atoms with Crippen molar-refractivity contribution in [2.45, 2.75) is 309 Å². The van der Waals surface area contributed by atoms with Crippen LogP contribution in [-0.4, -0.2) is 37.2 Å². The van der Waals surface area contributed by atoms with Crippen LogP contribution in [0.15, 0.2) is 24.3 Å². The summed E-state index contributed by atoms with van der Waals surface area (Å²) < 4.78 is 16.8. The highest BCUT2D eigenvalue weighted by atomic mass is 16.6. The van der Waals surface area contributed by atoms with Crippen LogP contribution < -0.4 is 0 Å². The predicted molar refractivity (Wildman–Crippen MR) is 270 cm³/mol. The van der Waals surface area contributed by atoms with Crippen molar-refractivity contribution in [3.8, 4) is 0 Å². The lowest BCUT2D eigenvalue weighted by Gasteiger charge is -2.18. The van der Waals surface area contributed by atoms with Gasteiger partial charge in [-0.25, -0.2) is 0 Å². The molecule has 0 aromatic rings. The Kier molecular flexibility index (Phi) is 50.8. The molecule has 63 heavy (non-hydrogen) atoms. The zero-order valence-electron chi connectivity index (χ0n) is 42.4. The molecule has 0 aliphatic heterocycles. The second-order valence-corrected chi connectivity index (χ2v) is 18.9. The van der Waals surface area contributed by atoms with E-state index >= 15 is 0 Å². The van der Waals surface area contributed by atoms with Crippen LogP contribution in [-0.2, 0) is 28.6 Å². The summed E-state index contributed by atoms with van der Waals surface area (Å²) in [6, 6.07) is 0. The minimum atomic E-state index is -0.767. The van der Waals surface area contributed by atoms with Crippen molar-refractivity contribution < 1.29 is 28.6 Å². The standard InChI is InChI=1S/C57H106O6/c1-4-7-10-13-16-19-22-24-26-27-28-29-31-33-36-39-42-45-48-51-57(60)63-54(52-61-55(58)49-46-43-40-37-34-21-18-15-12-9-6-3)53-62-56(59)50-47-44-41-38-35-32-30-25-23-20-17-14-11-8-5-2/h16,19,24,26,54H,4-15,17-18,20-23,25,27-53H2,1-3H3/b19-16-,26-24-/t54-/m0/s1. The summed E-state index contributed by atoms with van der Waals surface area (Å²) in [6.45, 7) is 6.64. The van der Waals surface area contributed by atoms with Gasteiger partial charge < -0.3 is 14.2 Å². The van der Waals surface area contributed by atoms with Gasteiger partial charge >= 0.3 is 17.9 Å². The van der Waals surface area contributed by atoms with Gasteiger partial charge in [0.1, 0.15) is 13.2 Å². The average Bonchev–Trinajstić information content (AvgIpc) is 3.28. The van der Waals surface area contributed by atoms with Crippen LogP contribution in [0.3, 0.4) is 0 Å². The molecule has 0 unspecified atom stereocenters. The quantitative estimate of drug-likeness (QED) is 0.0262. The molecule has 0 saturated carbocycles. The molecule has 0 saturated heterocycles. The van der Waals surface area contributed by atoms with E-state index in [1.165, 1.54) is 199 Å². The lowest BCUT2D eigenvalue weighted by Crippen LogP contribution is -2.30. The third kappa shape index (κ3) is 50.7. The Hall–Kier alpha value is -2.11. The largest absolute Gasteiger partial charge is 0.462 e. The van der Waals surface area contributed by atoms with Crippen LogP contribution in [0.5, 0.6) is 0 Å². The van der Waals surface area contributed by atoms with Gasteiger partial charge in [-0.3, -0.25) is 14.4 Å². The number of carbonyl (C=O) groups is 3. The van der Waals surface area contributed by atoms with Crippen molar-refractivity contribution in [1.82, 2.24) is 0 Å². The van der Waals surface area contributed by atoms with Crippen molar-refractivity contribution >= 4 is 17.9 Å². The van der Waals surface area contributed by atoms with Gasteiger partial charge in [-0.05, 0) is 51.4 Å². The third-order valence-corrected chi connectivity index (χ3v) is 12.5. The number of ether oxygens (including phenoxy) is 3. The molecule has 0 spiro atoms. The number of rotatable bonds is 51. The van der Waals surface area contributed by atoms with Crippen molar-refractivity contribution in [3.05, 3.63) is 24.3 Å². The number of unbranched alkanes of at least 4 members (excludes halogenated alkanes) is 36. The Balaban J connectivity index is 4.30. The summed E-state index contributed by atoms with van der Waals surface area (Å²) in [5.41, 5.74) is 0. The van der Waals surface area contributed by atoms with E-state index in [2.05, 4.69) is 45.1 Å². The van der Waals surface area contributed by atoms with Crippen molar-refractivity contribution in [3.63, 3.8) is 0 Å². The van der Waals surface area contributed by atoms with Gasteiger partial charge in [0.05, 0.1) is 0 Å². The smallest absolute Gasteiger partial charge is 0.306 e. The van der Waals surface area contributed by atoms with Gasteiger partial charge in [-0.2, -0.15) is 0 Å². The van der Waals surface area contributed by atoms with Crippen LogP contribution in [0, 0.1) is 0 Å². The zero-order valence-corrected chi connectivity index (χ0v) is 42.4. The monoisotopic (exact) mass is 887 g/mol. The molecule has 0 aliphatic rings. The first kappa shape index (κ1) is 60.9. The molecule has 6 heteroatoms. The van der Waals surface area contributed by atoms with Gasteiger partial charge in [0, 0.05) is 19.3 Å². The van der Waals surface area contributed by atoms with E-state index in [4.69, 9.17) is 14.2 Å². The van der Waals surface area contributed by atoms with E-state index in [1.807, 2.05) is 0 Å². The molecule has 0 aliphatic carbocycles. The lowest BCUT2D eigenvalue weighted by atomic mass is 10.0. The number of hydrogen-bond acceptors (Lipinski definition) is 6. The van der Waals surface area contributed by atoms with Crippen molar-refractivity contribution in [2.24, 2.45) is 0 Å². The Morgan fingerprint density at radius 2 is 0.571 bits per heavy atom. The molecule has 0 aromatic carbocycles. The first-order valence-electron chi connectivity index (χ1n) is 27.8. The minimum absolute atomic E-state index is 0.0676. The summed E-state index contributed by atoms with van der Waals surface area (Å²) in [4.78, 5) is 38.0. The highest BCUT2D eigenvalue weighted by Gasteiger charge is 2.19. The lowest BCUT2D eigenvalue weighted by molar-refractivity contribution is -0.167. The first-order valence-corrected chi connectivity index (χ1v) is 27.8. The van der Waals surface area contributed by atoms with E-state index in [-0.39, 0.29) is 31.1 Å². The molecule has 0 radical (unpaired) electrons. The molecule has 6 nitrogen and oxygen atoms in total. The maximum atomic E-state index is 12.8. The highest BCUT2D eigenvalue weighted by Crippen LogP contribution is 2.16. The Morgan fingerprint density at radius 1 is 0.317 bits per heavy atom. The van der Waals surface area contributed by atoms with Crippen molar-refractivity contribution in [1.29, 1.82) is 0 Å². The zero-order chi connectivity index (χ0) is 45.8. The number of esters is 3. The Morgan fingerprint density at radius 3 is 0.905 bits per heavy atom. The second-order valence-electron chi connectivity index (χ2n) is 18.9. The van der Waals surface area contributed by atoms with E-state index in [0.717, 1.165) is 64.2 Å². The Labute approximate surface area is 392 Å². The molecular formula is C57H106O6. The molecular weight excluding hydrogens is 781 g/mol. The topological polar surface area (TPSA) is 78.9 Å². The molecule has 0 rings (SSSR count). The van der Waals surface area contributed by atoms with Gasteiger partial charge in [0.25, 0.3) is 0 Å². The van der Waals surface area contributed by atoms with Crippen LogP contribution in [0.4, 0.5) is 0 Å². The normalized spacial score (nSPS) is 12.1. The fraction of sp³-hybridized carbons (Fsp3) is 0.877. The van der Waals surface area contributed by atoms with Crippen LogP contribution in [0.25, 0.3) is 0 Å².